The smallest absolute Gasteiger partial charge is 0.255 e. The summed E-state index contributed by atoms with van der Waals surface area (Å²) in [7, 11) is 0. The highest BCUT2D eigenvalue weighted by molar-refractivity contribution is 6.00. The SMILES string of the molecule is CC(CO)C(C)NC(=O)c1cnn2ccccc12. The number of amides is 1. The first kappa shape index (κ1) is 12.6. The van der Waals surface area contributed by atoms with Gasteiger partial charge < -0.3 is 10.4 Å². The number of aliphatic hydroxyl groups excluding tert-OH is 1. The molecule has 96 valence electrons. The van der Waals surface area contributed by atoms with E-state index in [-0.39, 0.29) is 24.5 Å². The number of fused-ring (bicyclic) bond motifs is 1. The molecular formula is C13H17N3O2. The first-order valence-corrected chi connectivity index (χ1v) is 5.97. The highest BCUT2D eigenvalue weighted by Crippen LogP contribution is 2.11. The number of rotatable bonds is 4. The Morgan fingerprint density at radius 2 is 2.28 bits per heavy atom. The van der Waals surface area contributed by atoms with E-state index >= 15 is 0 Å². The fraction of sp³-hybridized carbons (Fsp3) is 0.385. The molecule has 0 saturated heterocycles. The summed E-state index contributed by atoms with van der Waals surface area (Å²) in [5.41, 5.74) is 1.33. The number of nitrogens with one attached hydrogen (secondary N) is 1. The number of aromatic nitrogens is 2. The highest BCUT2D eigenvalue weighted by atomic mass is 16.3. The van der Waals surface area contributed by atoms with Crippen LogP contribution < -0.4 is 5.32 Å². The molecule has 0 aliphatic rings. The molecule has 0 radical (unpaired) electrons. The van der Waals surface area contributed by atoms with Crippen molar-refractivity contribution in [3.63, 3.8) is 0 Å². The van der Waals surface area contributed by atoms with Crippen molar-refractivity contribution in [2.75, 3.05) is 6.61 Å². The van der Waals surface area contributed by atoms with Crippen molar-refractivity contribution >= 4 is 11.4 Å². The monoisotopic (exact) mass is 247 g/mol. The van der Waals surface area contributed by atoms with E-state index in [0.29, 0.717) is 5.56 Å². The minimum Gasteiger partial charge on any atom is -0.396 e. The van der Waals surface area contributed by atoms with Crippen molar-refractivity contribution in [3.8, 4) is 0 Å². The van der Waals surface area contributed by atoms with Gasteiger partial charge in [-0.2, -0.15) is 5.10 Å². The number of carbonyl (C=O) groups excluding carboxylic acids is 1. The van der Waals surface area contributed by atoms with Crippen LogP contribution in [0.15, 0.2) is 30.6 Å². The molecule has 2 aromatic rings. The van der Waals surface area contributed by atoms with Crippen LogP contribution in [0.2, 0.25) is 0 Å². The molecule has 18 heavy (non-hydrogen) atoms. The molecular weight excluding hydrogens is 230 g/mol. The summed E-state index contributed by atoms with van der Waals surface area (Å²) < 4.78 is 1.66. The summed E-state index contributed by atoms with van der Waals surface area (Å²) in [5, 5.41) is 16.0. The third kappa shape index (κ3) is 2.36. The van der Waals surface area contributed by atoms with E-state index in [0.717, 1.165) is 5.52 Å². The second kappa shape index (κ2) is 5.18. The molecule has 0 aromatic carbocycles. The Kier molecular flexibility index (Phi) is 3.62. The zero-order valence-electron chi connectivity index (χ0n) is 10.5. The molecule has 0 spiro atoms. The topological polar surface area (TPSA) is 66.6 Å². The van der Waals surface area contributed by atoms with Crippen LogP contribution in [0.3, 0.4) is 0 Å². The Bertz CT molecular complexity index is 550. The van der Waals surface area contributed by atoms with E-state index in [1.165, 1.54) is 0 Å². The summed E-state index contributed by atoms with van der Waals surface area (Å²) >= 11 is 0. The number of pyridine rings is 1. The highest BCUT2D eigenvalue weighted by Gasteiger charge is 2.17. The number of hydrogen-bond acceptors (Lipinski definition) is 3. The fourth-order valence-corrected chi connectivity index (χ4v) is 1.69. The van der Waals surface area contributed by atoms with E-state index in [9.17, 15) is 4.79 Å². The Hall–Kier alpha value is -1.88. The molecule has 0 saturated carbocycles. The molecule has 5 heteroatoms. The second-order valence-electron chi connectivity index (χ2n) is 4.51. The van der Waals surface area contributed by atoms with Crippen LogP contribution >= 0.6 is 0 Å². The van der Waals surface area contributed by atoms with Gasteiger partial charge in [0.2, 0.25) is 0 Å². The van der Waals surface area contributed by atoms with Gasteiger partial charge >= 0.3 is 0 Å². The normalized spacial score (nSPS) is 14.4. The van der Waals surface area contributed by atoms with Crippen LogP contribution in [0.4, 0.5) is 0 Å². The Morgan fingerprint density at radius 3 is 3.00 bits per heavy atom. The van der Waals surface area contributed by atoms with Crippen molar-refractivity contribution in [1.82, 2.24) is 14.9 Å². The molecule has 2 unspecified atom stereocenters. The lowest BCUT2D eigenvalue weighted by atomic mass is 10.0. The van der Waals surface area contributed by atoms with Gasteiger partial charge in [0, 0.05) is 18.8 Å². The van der Waals surface area contributed by atoms with Gasteiger partial charge in [-0.25, -0.2) is 4.52 Å². The molecule has 2 heterocycles. The zero-order chi connectivity index (χ0) is 13.1. The van der Waals surface area contributed by atoms with Crippen molar-refractivity contribution in [2.45, 2.75) is 19.9 Å². The summed E-state index contributed by atoms with van der Waals surface area (Å²) in [5.74, 6) is -0.139. The molecule has 2 aromatic heterocycles. The number of carbonyl (C=O) groups is 1. The molecule has 2 atom stereocenters. The Labute approximate surface area is 105 Å². The first-order valence-electron chi connectivity index (χ1n) is 5.97. The second-order valence-corrected chi connectivity index (χ2v) is 4.51. The van der Waals surface area contributed by atoms with Crippen molar-refractivity contribution in [1.29, 1.82) is 0 Å². The number of hydrogen-bond donors (Lipinski definition) is 2. The maximum Gasteiger partial charge on any atom is 0.255 e. The quantitative estimate of drug-likeness (QED) is 0.849. The Balaban J connectivity index is 2.19. The summed E-state index contributed by atoms with van der Waals surface area (Å²) in [6.45, 7) is 3.82. The van der Waals surface area contributed by atoms with Crippen molar-refractivity contribution in [3.05, 3.63) is 36.2 Å². The van der Waals surface area contributed by atoms with Gasteiger partial charge in [-0.1, -0.05) is 13.0 Å². The van der Waals surface area contributed by atoms with E-state index in [1.807, 2.05) is 32.0 Å². The predicted molar refractivity (Wildman–Crippen MR) is 68.4 cm³/mol. The fourth-order valence-electron chi connectivity index (χ4n) is 1.69. The van der Waals surface area contributed by atoms with Gasteiger partial charge in [0.25, 0.3) is 5.91 Å². The third-order valence-electron chi connectivity index (χ3n) is 3.17. The molecule has 0 aliphatic carbocycles. The van der Waals surface area contributed by atoms with E-state index in [4.69, 9.17) is 5.11 Å². The molecule has 2 N–H and O–H groups in total. The van der Waals surface area contributed by atoms with Crippen LogP contribution in [-0.4, -0.2) is 33.3 Å². The average molecular weight is 247 g/mol. The number of aliphatic hydroxyl groups is 1. The predicted octanol–water partition coefficient (Wildman–Crippen LogP) is 1.08. The van der Waals surface area contributed by atoms with Crippen LogP contribution in [-0.2, 0) is 0 Å². The lowest BCUT2D eigenvalue weighted by Crippen LogP contribution is -2.38. The first-order chi connectivity index (χ1) is 8.63. The third-order valence-corrected chi connectivity index (χ3v) is 3.17. The van der Waals surface area contributed by atoms with Crippen molar-refractivity contribution < 1.29 is 9.90 Å². The molecule has 0 bridgehead atoms. The number of nitrogens with zero attached hydrogens (tertiary/aromatic N) is 2. The maximum atomic E-state index is 12.1. The zero-order valence-corrected chi connectivity index (χ0v) is 10.5. The van der Waals surface area contributed by atoms with E-state index < -0.39 is 0 Å². The van der Waals surface area contributed by atoms with Crippen LogP contribution in [0, 0.1) is 5.92 Å². The van der Waals surface area contributed by atoms with Gasteiger partial charge in [-0.05, 0) is 25.0 Å². The average Bonchev–Trinajstić information content (AvgIpc) is 2.81. The lowest BCUT2D eigenvalue weighted by molar-refractivity contribution is 0.0918. The summed E-state index contributed by atoms with van der Waals surface area (Å²) in [6.07, 6.45) is 3.35. The van der Waals surface area contributed by atoms with Crippen LogP contribution in [0.25, 0.3) is 5.52 Å². The molecule has 0 aliphatic heterocycles. The molecule has 2 rings (SSSR count). The van der Waals surface area contributed by atoms with Gasteiger partial charge in [-0.15, -0.1) is 0 Å². The van der Waals surface area contributed by atoms with Gasteiger partial charge in [-0.3, -0.25) is 4.79 Å². The summed E-state index contributed by atoms with van der Waals surface area (Å²) in [6, 6.07) is 5.49. The molecule has 5 nitrogen and oxygen atoms in total. The van der Waals surface area contributed by atoms with Gasteiger partial charge in [0.1, 0.15) is 0 Å². The van der Waals surface area contributed by atoms with E-state index in [2.05, 4.69) is 10.4 Å². The molecule has 0 fully saturated rings. The lowest BCUT2D eigenvalue weighted by Gasteiger charge is -2.18. The largest absolute Gasteiger partial charge is 0.396 e. The summed E-state index contributed by atoms with van der Waals surface area (Å²) in [4.78, 5) is 12.1. The Morgan fingerprint density at radius 1 is 1.50 bits per heavy atom. The standard InChI is InChI=1S/C13H17N3O2/c1-9(8-17)10(2)15-13(18)11-7-14-16-6-4-3-5-12(11)16/h3-7,9-10,17H,8H2,1-2H3,(H,15,18). The van der Waals surface area contributed by atoms with Gasteiger partial charge in [0.05, 0.1) is 17.3 Å². The maximum absolute atomic E-state index is 12.1. The van der Waals surface area contributed by atoms with Crippen LogP contribution in [0.1, 0.15) is 24.2 Å². The van der Waals surface area contributed by atoms with Gasteiger partial charge in [0.15, 0.2) is 0 Å². The minimum absolute atomic E-state index is 0.0239. The minimum atomic E-state index is -0.163. The van der Waals surface area contributed by atoms with E-state index in [1.54, 1.807) is 16.9 Å². The van der Waals surface area contributed by atoms with Crippen molar-refractivity contribution in [2.24, 2.45) is 5.92 Å². The molecule has 1 amide bonds. The van der Waals surface area contributed by atoms with Crippen LogP contribution in [0.5, 0.6) is 0 Å².